The summed E-state index contributed by atoms with van der Waals surface area (Å²) in [4.78, 5) is 39.9. The molecule has 4 aromatic heterocycles. The second-order valence-electron chi connectivity index (χ2n) is 10.5. The molecule has 1 aromatic carbocycles. The zero-order valence-electron chi connectivity index (χ0n) is 24.0. The van der Waals surface area contributed by atoms with E-state index in [1.54, 1.807) is 42.6 Å². The van der Waals surface area contributed by atoms with E-state index < -0.39 is 11.9 Å². The molecule has 0 spiro atoms. The monoisotopic (exact) mass is 604 g/mol. The maximum atomic E-state index is 13.5. The van der Waals surface area contributed by atoms with Gasteiger partial charge in [-0.3, -0.25) is 4.79 Å². The third-order valence-corrected chi connectivity index (χ3v) is 7.12. The SMILES string of the molecule is COc1ncnc(C2CC2)c1-c1nc(OCc2ccc(-c3nc(C(F)(F)F)cn3CC(=O)N(C)C)cc2)c2cccnc2n1. The first-order valence-electron chi connectivity index (χ1n) is 13.7. The van der Waals surface area contributed by atoms with E-state index in [4.69, 9.17) is 14.5 Å². The van der Waals surface area contributed by atoms with Crippen molar-refractivity contribution in [3.8, 4) is 34.5 Å². The standard InChI is InChI=1S/C30H27F3N8O3/c1-40(2)22(42)14-41-13-21(30(31,32)33)37-27(41)19-8-6-17(7-9-19)15-44-28-20-5-4-12-34-25(20)38-26(39-28)23-24(18-10-11-18)35-16-36-29(23)43-3/h4-9,12-13,16,18H,10-11,14-15H2,1-3H3. The van der Waals surface area contributed by atoms with Gasteiger partial charge in [0.25, 0.3) is 0 Å². The number of rotatable bonds is 9. The van der Waals surface area contributed by atoms with E-state index in [1.165, 1.54) is 37.0 Å². The minimum atomic E-state index is -4.65. The van der Waals surface area contributed by atoms with E-state index in [0.717, 1.165) is 30.3 Å². The molecule has 1 aliphatic rings. The summed E-state index contributed by atoms with van der Waals surface area (Å²) in [6.45, 7) is -0.187. The van der Waals surface area contributed by atoms with Crippen molar-refractivity contribution in [1.82, 2.24) is 39.4 Å². The molecule has 14 heteroatoms. The van der Waals surface area contributed by atoms with Crippen LogP contribution in [0, 0.1) is 0 Å². The fourth-order valence-electron chi connectivity index (χ4n) is 4.66. The Bertz CT molecular complexity index is 1840. The van der Waals surface area contributed by atoms with Gasteiger partial charge in [0.05, 0.1) is 18.2 Å². The highest BCUT2D eigenvalue weighted by atomic mass is 19.4. The number of methoxy groups -OCH3 is 1. The summed E-state index contributed by atoms with van der Waals surface area (Å²) >= 11 is 0. The number of ether oxygens (including phenoxy) is 2. The normalized spacial score (nSPS) is 13.2. The van der Waals surface area contributed by atoms with E-state index in [9.17, 15) is 18.0 Å². The van der Waals surface area contributed by atoms with Crippen molar-refractivity contribution < 1.29 is 27.4 Å². The van der Waals surface area contributed by atoms with Crippen LogP contribution in [-0.2, 0) is 24.1 Å². The number of likely N-dealkylation sites (N-methyl/N-ethyl adjacent to an activating group) is 1. The fourth-order valence-corrected chi connectivity index (χ4v) is 4.66. The van der Waals surface area contributed by atoms with Gasteiger partial charge in [-0.15, -0.1) is 0 Å². The van der Waals surface area contributed by atoms with Gasteiger partial charge in [-0.1, -0.05) is 24.3 Å². The first-order valence-corrected chi connectivity index (χ1v) is 13.7. The van der Waals surface area contributed by atoms with Crippen LogP contribution >= 0.6 is 0 Å². The number of pyridine rings is 1. The first-order chi connectivity index (χ1) is 21.1. The molecule has 0 bridgehead atoms. The number of carbonyl (C=O) groups excluding carboxylic acids is 1. The first kappa shape index (κ1) is 29.0. The number of aromatic nitrogens is 7. The zero-order chi connectivity index (χ0) is 31.0. The van der Waals surface area contributed by atoms with Gasteiger partial charge in [-0.2, -0.15) is 18.2 Å². The maximum Gasteiger partial charge on any atom is 0.434 e. The van der Waals surface area contributed by atoms with Crippen molar-refractivity contribution >= 4 is 16.9 Å². The molecule has 0 aliphatic heterocycles. The van der Waals surface area contributed by atoms with Crippen molar-refractivity contribution in [2.45, 2.75) is 38.1 Å². The third kappa shape index (κ3) is 5.87. The summed E-state index contributed by atoms with van der Waals surface area (Å²) in [7, 11) is 4.60. The number of alkyl halides is 3. The number of hydrogen-bond donors (Lipinski definition) is 0. The lowest BCUT2D eigenvalue weighted by atomic mass is 10.1. The van der Waals surface area contributed by atoms with Crippen LogP contribution in [0.3, 0.4) is 0 Å². The second kappa shape index (κ2) is 11.5. The Morgan fingerprint density at radius 1 is 1.02 bits per heavy atom. The van der Waals surface area contributed by atoms with Crippen molar-refractivity contribution in [3.05, 3.63) is 72.1 Å². The van der Waals surface area contributed by atoms with E-state index in [0.29, 0.717) is 39.7 Å². The Morgan fingerprint density at radius 2 is 1.80 bits per heavy atom. The second-order valence-corrected chi connectivity index (χ2v) is 10.5. The fraction of sp³-hybridized carbons (Fsp3) is 0.300. The quantitative estimate of drug-likeness (QED) is 0.231. The number of imidazole rings is 1. The van der Waals surface area contributed by atoms with Crippen LogP contribution in [0.5, 0.6) is 11.8 Å². The van der Waals surface area contributed by atoms with Gasteiger partial charge in [-0.25, -0.2) is 24.9 Å². The van der Waals surface area contributed by atoms with Crippen LogP contribution in [0.1, 0.15) is 35.7 Å². The van der Waals surface area contributed by atoms with Crippen LogP contribution in [-0.4, -0.2) is 66.5 Å². The molecule has 4 heterocycles. The van der Waals surface area contributed by atoms with E-state index in [2.05, 4.69) is 24.9 Å². The Labute approximate surface area is 249 Å². The maximum absolute atomic E-state index is 13.5. The number of fused-ring (bicyclic) bond motifs is 1. The lowest BCUT2D eigenvalue weighted by Gasteiger charge is -2.14. The minimum Gasteiger partial charge on any atom is -0.480 e. The molecule has 1 saturated carbocycles. The van der Waals surface area contributed by atoms with Gasteiger partial charge in [-0.05, 0) is 30.5 Å². The lowest BCUT2D eigenvalue weighted by molar-refractivity contribution is -0.141. The van der Waals surface area contributed by atoms with Gasteiger partial charge in [0.15, 0.2) is 17.2 Å². The molecule has 6 rings (SSSR count). The van der Waals surface area contributed by atoms with Gasteiger partial charge in [0.2, 0.25) is 17.7 Å². The predicted molar refractivity (Wildman–Crippen MR) is 153 cm³/mol. The molecule has 0 N–H and O–H groups in total. The molecule has 1 fully saturated rings. The Morgan fingerprint density at radius 3 is 2.48 bits per heavy atom. The molecule has 1 amide bonds. The summed E-state index contributed by atoms with van der Waals surface area (Å²) in [6.07, 6.45) is 1.29. The van der Waals surface area contributed by atoms with Crippen LogP contribution in [0.4, 0.5) is 13.2 Å². The van der Waals surface area contributed by atoms with Gasteiger partial charge in [0, 0.05) is 38.0 Å². The van der Waals surface area contributed by atoms with Gasteiger partial charge in [0.1, 0.15) is 30.9 Å². The largest absolute Gasteiger partial charge is 0.480 e. The van der Waals surface area contributed by atoms with E-state index >= 15 is 0 Å². The van der Waals surface area contributed by atoms with Crippen LogP contribution < -0.4 is 9.47 Å². The minimum absolute atomic E-state index is 0.0306. The highest BCUT2D eigenvalue weighted by Gasteiger charge is 2.35. The van der Waals surface area contributed by atoms with Crippen molar-refractivity contribution in [3.63, 3.8) is 0 Å². The smallest absolute Gasteiger partial charge is 0.434 e. The molecular formula is C30H27F3N8O3. The number of halogens is 3. The van der Waals surface area contributed by atoms with Crippen LogP contribution in [0.2, 0.25) is 0 Å². The van der Waals surface area contributed by atoms with Crippen LogP contribution in [0.25, 0.3) is 33.8 Å². The summed E-state index contributed by atoms with van der Waals surface area (Å²) in [5.41, 5.74) is 1.91. The average molecular weight is 605 g/mol. The molecule has 0 radical (unpaired) electrons. The number of benzene rings is 1. The van der Waals surface area contributed by atoms with Crippen molar-refractivity contribution in [1.29, 1.82) is 0 Å². The molecule has 1 aliphatic carbocycles. The summed E-state index contributed by atoms with van der Waals surface area (Å²) in [5, 5.41) is 0.601. The molecular weight excluding hydrogens is 577 g/mol. The lowest BCUT2D eigenvalue weighted by Crippen LogP contribution is -2.26. The number of carbonyl (C=O) groups is 1. The molecule has 0 saturated heterocycles. The van der Waals surface area contributed by atoms with Gasteiger partial charge >= 0.3 is 6.18 Å². The highest BCUT2D eigenvalue weighted by Crippen LogP contribution is 2.45. The molecule has 5 aromatic rings. The molecule has 226 valence electrons. The molecule has 11 nitrogen and oxygen atoms in total. The number of amides is 1. The average Bonchev–Trinajstić information content (AvgIpc) is 3.78. The summed E-state index contributed by atoms with van der Waals surface area (Å²) < 4.78 is 53.3. The Kier molecular flexibility index (Phi) is 7.57. The van der Waals surface area contributed by atoms with Crippen LogP contribution in [0.15, 0.2) is 55.1 Å². The molecule has 0 unspecified atom stereocenters. The zero-order valence-corrected chi connectivity index (χ0v) is 24.0. The van der Waals surface area contributed by atoms with E-state index in [1.807, 2.05) is 0 Å². The Balaban J connectivity index is 1.29. The Hall–Kier alpha value is -5.14. The summed E-state index contributed by atoms with van der Waals surface area (Å²) in [5.74, 6) is 0.929. The molecule has 0 atom stereocenters. The predicted octanol–water partition coefficient (Wildman–Crippen LogP) is 4.92. The third-order valence-electron chi connectivity index (χ3n) is 7.12. The topological polar surface area (TPSA) is 121 Å². The van der Waals surface area contributed by atoms with Crippen molar-refractivity contribution in [2.75, 3.05) is 21.2 Å². The molecule has 44 heavy (non-hydrogen) atoms. The highest BCUT2D eigenvalue weighted by molar-refractivity contribution is 5.83. The number of hydrogen-bond acceptors (Lipinski definition) is 9. The van der Waals surface area contributed by atoms with E-state index in [-0.39, 0.29) is 30.8 Å². The van der Waals surface area contributed by atoms with Gasteiger partial charge < -0.3 is 18.9 Å². The summed E-state index contributed by atoms with van der Waals surface area (Å²) in [6, 6.07) is 10.3. The van der Waals surface area contributed by atoms with Crippen molar-refractivity contribution in [2.24, 2.45) is 0 Å². The number of nitrogens with zero attached hydrogens (tertiary/aromatic N) is 8.